The molecule has 0 aliphatic carbocycles. The molecule has 22 nitrogen and oxygen atoms in total. The van der Waals surface area contributed by atoms with Gasteiger partial charge in [0.15, 0.2) is 0 Å². The molecule has 0 spiro atoms. The standard InChI is InChI=1S/C56H100N4O18/c1-5-9-13-17-21-25-49(65)73-37-43(61)33-59(34-44(62)38-74-50(66)26-22-18-14-10-6-2)31-29-53(69)77-41-47-55(71)58-48(56(72)57-47)42-78-54(70)30-32-60(35-45(63)39-75-51(67)27-23-19-15-11-7-3)36-46(64)40-76-52(68)28-24-20-16-12-8-4/h43-48,61-64H,5-42H2,1-4H3,(H,57,72)(H,58,71). The van der Waals surface area contributed by atoms with Gasteiger partial charge < -0.3 is 59.5 Å². The van der Waals surface area contributed by atoms with Gasteiger partial charge in [-0.05, 0) is 25.7 Å². The van der Waals surface area contributed by atoms with Gasteiger partial charge in [-0.3, -0.25) is 48.2 Å². The second-order valence-electron chi connectivity index (χ2n) is 20.5. The lowest BCUT2D eigenvalue weighted by molar-refractivity contribution is -0.152. The maximum absolute atomic E-state index is 13.0. The molecule has 78 heavy (non-hydrogen) atoms. The summed E-state index contributed by atoms with van der Waals surface area (Å²) in [7, 11) is 0. The number of aliphatic hydroxyl groups excluding tert-OH is 4. The number of hydrogen-bond acceptors (Lipinski definition) is 20. The Morgan fingerprint density at radius 3 is 0.846 bits per heavy atom. The number of piperazine rings is 1. The maximum Gasteiger partial charge on any atom is 0.307 e. The second-order valence-corrected chi connectivity index (χ2v) is 20.5. The molecular weight excluding hydrogens is 1020 g/mol. The maximum atomic E-state index is 13.0. The highest BCUT2D eigenvalue weighted by Gasteiger charge is 2.35. The monoisotopic (exact) mass is 1120 g/mol. The van der Waals surface area contributed by atoms with E-state index in [2.05, 4.69) is 38.3 Å². The van der Waals surface area contributed by atoms with E-state index in [1.807, 2.05) is 0 Å². The molecule has 1 saturated heterocycles. The Balaban J connectivity index is 2.75. The fourth-order valence-corrected chi connectivity index (χ4v) is 8.36. The van der Waals surface area contributed by atoms with Crippen LogP contribution in [0.5, 0.6) is 0 Å². The van der Waals surface area contributed by atoms with Gasteiger partial charge in [0.05, 0.1) is 12.8 Å². The predicted molar refractivity (Wildman–Crippen MR) is 289 cm³/mol. The molecule has 0 aromatic rings. The van der Waals surface area contributed by atoms with Gasteiger partial charge in [0.25, 0.3) is 0 Å². The number of carbonyl (C=O) groups is 8. The molecule has 0 aromatic carbocycles. The lowest BCUT2D eigenvalue weighted by Gasteiger charge is -2.29. The molecule has 1 heterocycles. The summed E-state index contributed by atoms with van der Waals surface area (Å²) >= 11 is 0. The molecule has 0 bridgehead atoms. The Labute approximate surface area is 464 Å². The third kappa shape index (κ3) is 39.0. The van der Waals surface area contributed by atoms with E-state index in [-0.39, 0.29) is 104 Å². The molecule has 22 heteroatoms. The highest BCUT2D eigenvalue weighted by molar-refractivity contribution is 5.97. The molecule has 1 rings (SSSR count). The van der Waals surface area contributed by atoms with Crippen LogP contribution in [-0.2, 0) is 66.8 Å². The van der Waals surface area contributed by atoms with Gasteiger partial charge in [0.2, 0.25) is 11.8 Å². The summed E-state index contributed by atoms with van der Waals surface area (Å²) in [6, 6.07) is -2.56. The van der Waals surface area contributed by atoms with E-state index < -0.39 is 97.3 Å². The first kappa shape index (κ1) is 71.5. The number of nitrogens with zero attached hydrogens (tertiary/aromatic N) is 2. The average Bonchev–Trinajstić information content (AvgIpc) is 3.41. The molecule has 6 unspecified atom stereocenters. The lowest BCUT2D eigenvalue weighted by Crippen LogP contribution is -2.64. The van der Waals surface area contributed by atoms with Crippen molar-refractivity contribution in [1.29, 1.82) is 0 Å². The van der Waals surface area contributed by atoms with E-state index in [0.717, 1.165) is 103 Å². The minimum atomic E-state index is -1.28. The Hall–Kier alpha value is -4.48. The largest absolute Gasteiger partial charge is 0.463 e. The first-order chi connectivity index (χ1) is 37.5. The van der Waals surface area contributed by atoms with Crippen LogP contribution in [-0.4, -0.2) is 193 Å². The lowest BCUT2D eigenvalue weighted by atomic mass is 10.1. The van der Waals surface area contributed by atoms with E-state index in [1.165, 1.54) is 9.80 Å². The van der Waals surface area contributed by atoms with Gasteiger partial charge >= 0.3 is 35.8 Å². The number of carbonyl (C=O) groups excluding carboxylic acids is 8. The van der Waals surface area contributed by atoms with Crippen molar-refractivity contribution in [2.24, 2.45) is 0 Å². The van der Waals surface area contributed by atoms with E-state index >= 15 is 0 Å². The average molecular weight is 1120 g/mol. The fourth-order valence-electron chi connectivity index (χ4n) is 8.36. The number of ether oxygens (including phenoxy) is 6. The van der Waals surface area contributed by atoms with Crippen LogP contribution in [0.1, 0.15) is 195 Å². The molecular formula is C56H100N4O18. The van der Waals surface area contributed by atoms with Crippen molar-refractivity contribution < 1.29 is 87.2 Å². The predicted octanol–water partition coefficient (Wildman–Crippen LogP) is 4.50. The highest BCUT2D eigenvalue weighted by Crippen LogP contribution is 2.12. The van der Waals surface area contributed by atoms with Crippen molar-refractivity contribution in [2.75, 3.05) is 78.9 Å². The molecule has 6 N–H and O–H groups in total. The second kappa shape index (κ2) is 46.3. The third-order valence-corrected chi connectivity index (χ3v) is 12.9. The van der Waals surface area contributed by atoms with E-state index in [4.69, 9.17) is 28.4 Å². The van der Waals surface area contributed by atoms with Gasteiger partial charge in [0, 0.05) is 65.0 Å². The van der Waals surface area contributed by atoms with Crippen molar-refractivity contribution in [1.82, 2.24) is 20.4 Å². The number of aliphatic hydroxyl groups is 4. The van der Waals surface area contributed by atoms with Crippen LogP contribution in [0.4, 0.5) is 0 Å². The number of nitrogens with one attached hydrogen (secondary N) is 2. The van der Waals surface area contributed by atoms with Gasteiger partial charge in [0.1, 0.15) is 76.1 Å². The van der Waals surface area contributed by atoms with Gasteiger partial charge in [-0.2, -0.15) is 0 Å². The summed E-state index contributed by atoms with van der Waals surface area (Å²) in [6.45, 7) is 5.46. The van der Waals surface area contributed by atoms with E-state index in [1.54, 1.807) is 0 Å². The molecule has 1 fully saturated rings. The Morgan fingerprint density at radius 2 is 0.603 bits per heavy atom. The van der Waals surface area contributed by atoms with Crippen LogP contribution in [0, 0.1) is 0 Å². The normalized spacial score (nSPS) is 15.9. The summed E-state index contributed by atoms with van der Waals surface area (Å²) in [5.41, 5.74) is 0. The Morgan fingerprint density at radius 1 is 0.372 bits per heavy atom. The molecule has 452 valence electrons. The number of unbranched alkanes of at least 4 members (excludes halogenated alkanes) is 16. The first-order valence-corrected chi connectivity index (χ1v) is 29.2. The first-order valence-electron chi connectivity index (χ1n) is 29.2. The Bertz CT molecular complexity index is 1480. The number of amides is 2. The molecule has 6 atom stereocenters. The quantitative estimate of drug-likeness (QED) is 0.0278. The van der Waals surface area contributed by atoms with Gasteiger partial charge in [-0.15, -0.1) is 0 Å². The molecule has 1 aliphatic rings. The molecule has 2 amide bonds. The number of esters is 6. The molecule has 0 aromatic heterocycles. The van der Waals surface area contributed by atoms with E-state index in [0.29, 0.717) is 25.7 Å². The number of rotatable bonds is 50. The minimum Gasteiger partial charge on any atom is -0.463 e. The van der Waals surface area contributed by atoms with Gasteiger partial charge in [-0.1, -0.05) is 130 Å². The highest BCUT2D eigenvalue weighted by atomic mass is 16.6. The SMILES string of the molecule is CCCCCCCC(=O)OCC(O)CN(CCC(=O)OCC1NC(=O)C(COC(=O)CCN(CC(O)COC(=O)CCCCCCC)CC(O)COC(=O)CCCCCCC)NC1=O)CC(O)COC(=O)CCCCCCC. The van der Waals surface area contributed by atoms with Crippen LogP contribution >= 0.6 is 0 Å². The van der Waals surface area contributed by atoms with Crippen molar-refractivity contribution in [2.45, 2.75) is 231 Å². The minimum absolute atomic E-state index is 0.0528. The molecule has 1 aliphatic heterocycles. The Kier molecular flexibility index (Phi) is 42.5. The van der Waals surface area contributed by atoms with Crippen molar-refractivity contribution in [3.63, 3.8) is 0 Å². The number of hydrogen-bond donors (Lipinski definition) is 6. The summed E-state index contributed by atoms with van der Waals surface area (Å²) in [5.74, 6) is -4.77. The zero-order valence-corrected chi connectivity index (χ0v) is 47.7. The molecule has 0 saturated carbocycles. The fraction of sp³-hybridized carbons (Fsp3) is 0.857. The van der Waals surface area contributed by atoms with Crippen LogP contribution < -0.4 is 10.6 Å². The zero-order valence-electron chi connectivity index (χ0n) is 47.7. The smallest absolute Gasteiger partial charge is 0.307 e. The topological polar surface area (TPSA) is 303 Å². The van der Waals surface area contributed by atoms with Crippen LogP contribution in [0.3, 0.4) is 0 Å². The van der Waals surface area contributed by atoms with E-state index in [9.17, 15) is 58.8 Å². The van der Waals surface area contributed by atoms with Crippen molar-refractivity contribution in [3.05, 3.63) is 0 Å². The molecule has 0 radical (unpaired) electrons. The zero-order chi connectivity index (χ0) is 57.8. The summed E-state index contributed by atoms with van der Waals surface area (Å²) in [6.07, 6.45) is 14.5. The van der Waals surface area contributed by atoms with Crippen molar-refractivity contribution in [3.8, 4) is 0 Å². The van der Waals surface area contributed by atoms with Gasteiger partial charge in [-0.25, -0.2) is 0 Å². The van der Waals surface area contributed by atoms with Crippen LogP contribution in [0.2, 0.25) is 0 Å². The van der Waals surface area contributed by atoms with Crippen molar-refractivity contribution >= 4 is 47.6 Å². The summed E-state index contributed by atoms with van der Waals surface area (Å²) < 4.78 is 31.7. The van der Waals surface area contributed by atoms with Crippen LogP contribution in [0.25, 0.3) is 0 Å². The summed E-state index contributed by atoms with van der Waals surface area (Å²) in [5, 5.41) is 48.0. The third-order valence-electron chi connectivity index (χ3n) is 12.9. The summed E-state index contributed by atoms with van der Waals surface area (Å²) in [4.78, 5) is 104. The van der Waals surface area contributed by atoms with Crippen LogP contribution in [0.15, 0.2) is 0 Å².